The van der Waals surface area contributed by atoms with Crippen LogP contribution in [0.15, 0.2) is 33.9 Å². The Labute approximate surface area is 217 Å². The SMILES string of the molecule is CC(C)(C)OC(=O)N1CCCC1c1nnc(SCC(=O)N2Cc3[nH]c4ccccc4c3CC2C(=O)O)o1. The van der Waals surface area contributed by atoms with E-state index in [1.165, 1.54) is 4.90 Å². The van der Waals surface area contributed by atoms with Gasteiger partial charge in [-0.05, 0) is 45.2 Å². The zero-order valence-corrected chi connectivity index (χ0v) is 21.7. The van der Waals surface area contributed by atoms with Crippen LogP contribution in [0.5, 0.6) is 0 Å². The van der Waals surface area contributed by atoms with E-state index in [0.29, 0.717) is 18.9 Å². The highest BCUT2D eigenvalue weighted by Crippen LogP contribution is 2.34. The van der Waals surface area contributed by atoms with E-state index in [1.54, 1.807) is 4.90 Å². The number of nitrogens with zero attached hydrogens (tertiary/aromatic N) is 4. The average Bonchev–Trinajstić information content (AvgIpc) is 3.58. The third kappa shape index (κ3) is 5.15. The molecule has 2 aliphatic rings. The Bertz CT molecular complexity index is 1340. The molecule has 12 heteroatoms. The molecule has 0 spiro atoms. The first-order chi connectivity index (χ1) is 17.6. The highest BCUT2D eigenvalue weighted by atomic mass is 32.2. The molecule has 0 saturated carbocycles. The van der Waals surface area contributed by atoms with Crippen molar-refractivity contribution < 1.29 is 28.6 Å². The van der Waals surface area contributed by atoms with Gasteiger partial charge in [-0.25, -0.2) is 9.59 Å². The van der Waals surface area contributed by atoms with Crippen LogP contribution >= 0.6 is 11.8 Å². The largest absolute Gasteiger partial charge is 0.480 e. The molecule has 1 fully saturated rings. The van der Waals surface area contributed by atoms with Gasteiger partial charge >= 0.3 is 12.1 Å². The van der Waals surface area contributed by atoms with Gasteiger partial charge in [-0.3, -0.25) is 9.69 Å². The number of carboxylic acids is 1. The second-order valence-electron chi connectivity index (χ2n) is 10.2. The lowest BCUT2D eigenvalue weighted by atomic mass is 9.96. The molecule has 196 valence electrons. The summed E-state index contributed by atoms with van der Waals surface area (Å²) >= 11 is 1.05. The van der Waals surface area contributed by atoms with Crippen molar-refractivity contribution in [3.63, 3.8) is 0 Å². The Kier molecular flexibility index (Phi) is 6.61. The molecule has 11 nitrogen and oxygen atoms in total. The van der Waals surface area contributed by atoms with Crippen molar-refractivity contribution in [1.29, 1.82) is 0 Å². The van der Waals surface area contributed by atoms with E-state index in [2.05, 4.69) is 15.2 Å². The van der Waals surface area contributed by atoms with Crippen LogP contribution in [0, 0.1) is 0 Å². The molecule has 1 aromatic carbocycles. The second kappa shape index (κ2) is 9.73. The summed E-state index contributed by atoms with van der Waals surface area (Å²) < 4.78 is 11.3. The van der Waals surface area contributed by atoms with Crippen LogP contribution in [0.2, 0.25) is 0 Å². The zero-order valence-electron chi connectivity index (χ0n) is 20.9. The number of hydrogen-bond donors (Lipinski definition) is 2. The van der Waals surface area contributed by atoms with Gasteiger partial charge in [0.15, 0.2) is 0 Å². The molecular weight excluding hydrogens is 498 g/mol. The van der Waals surface area contributed by atoms with Gasteiger partial charge in [-0.2, -0.15) is 0 Å². The number of aromatic amines is 1. The molecule has 2 aromatic heterocycles. The van der Waals surface area contributed by atoms with Gasteiger partial charge in [0.2, 0.25) is 11.8 Å². The number of rotatable bonds is 5. The summed E-state index contributed by atoms with van der Waals surface area (Å²) in [6, 6.07) is 6.38. The van der Waals surface area contributed by atoms with Gasteiger partial charge in [0, 0.05) is 29.6 Å². The molecule has 0 aliphatic carbocycles. The summed E-state index contributed by atoms with van der Waals surface area (Å²) in [4.78, 5) is 44.0. The van der Waals surface area contributed by atoms with Gasteiger partial charge in [0.25, 0.3) is 5.22 Å². The summed E-state index contributed by atoms with van der Waals surface area (Å²) in [5, 5.41) is 19.2. The number of carboxylic acid groups (broad SMARTS) is 1. The summed E-state index contributed by atoms with van der Waals surface area (Å²) in [6.07, 6.45) is 1.26. The summed E-state index contributed by atoms with van der Waals surface area (Å²) in [7, 11) is 0. The van der Waals surface area contributed by atoms with Crippen LogP contribution < -0.4 is 0 Å². The average molecular weight is 528 g/mol. The monoisotopic (exact) mass is 527 g/mol. The maximum absolute atomic E-state index is 13.1. The Morgan fingerprint density at radius 1 is 1.22 bits per heavy atom. The molecule has 37 heavy (non-hydrogen) atoms. The van der Waals surface area contributed by atoms with Gasteiger partial charge in [-0.1, -0.05) is 30.0 Å². The number of likely N-dealkylation sites (tertiary alicyclic amines) is 1. The number of carbonyl (C=O) groups excluding carboxylic acids is 2. The normalized spacial score (nSPS) is 19.8. The summed E-state index contributed by atoms with van der Waals surface area (Å²) in [6.45, 7) is 6.15. The second-order valence-corrected chi connectivity index (χ2v) is 11.2. The van der Waals surface area contributed by atoms with E-state index in [4.69, 9.17) is 9.15 Å². The molecule has 0 radical (unpaired) electrons. The first-order valence-electron chi connectivity index (χ1n) is 12.2. The fourth-order valence-electron chi connectivity index (χ4n) is 4.87. The van der Waals surface area contributed by atoms with Gasteiger partial charge in [-0.15, -0.1) is 10.2 Å². The number of ether oxygens (including phenoxy) is 1. The van der Waals surface area contributed by atoms with Crippen molar-refractivity contribution in [2.24, 2.45) is 0 Å². The predicted molar refractivity (Wildman–Crippen MR) is 134 cm³/mol. The minimum Gasteiger partial charge on any atom is -0.480 e. The first-order valence-corrected chi connectivity index (χ1v) is 13.2. The Morgan fingerprint density at radius 3 is 2.76 bits per heavy atom. The minimum absolute atomic E-state index is 0.0541. The molecule has 2 N–H and O–H groups in total. The molecule has 2 atom stereocenters. The van der Waals surface area contributed by atoms with E-state index in [9.17, 15) is 19.5 Å². The maximum Gasteiger partial charge on any atom is 0.410 e. The quantitative estimate of drug-likeness (QED) is 0.474. The Morgan fingerprint density at radius 2 is 2.00 bits per heavy atom. The third-order valence-corrected chi connectivity index (χ3v) is 7.32. The molecule has 0 bridgehead atoms. The van der Waals surface area contributed by atoms with Crippen molar-refractivity contribution in [2.75, 3.05) is 12.3 Å². The van der Waals surface area contributed by atoms with E-state index in [1.807, 2.05) is 45.0 Å². The van der Waals surface area contributed by atoms with Crippen LogP contribution in [0.4, 0.5) is 4.79 Å². The van der Waals surface area contributed by atoms with E-state index in [-0.39, 0.29) is 35.9 Å². The smallest absolute Gasteiger partial charge is 0.410 e. The van der Waals surface area contributed by atoms with Crippen molar-refractivity contribution in [1.82, 2.24) is 25.0 Å². The first kappa shape index (κ1) is 25.1. The van der Waals surface area contributed by atoms with E-state index in [0.717, 1.165) is 40.3 Å². The lowest BCUT2D eigenvalue weighted by Crippen LogP contribution is -2.49. The number of hydrogen-bond acceptors (Lipinski definition) is 8. The van der Waals surface area contributed by atoms with Crippen LogP contribution in [-0.4, -0.2) is 72.0 Å². The number of thioether (sulfide) groups is 1. The number of aliphatic carboxylic acids is 1. The fourth-order valence-corrected chi connectivity index (χ4v) is 5.53. The molecule has 2 aliphatic heterocycles. The number of para-hydroxylation sites is 1. The van der Waals surface area contributed by atoms with Gasteiger partial charge in [0.1, 0.15) is 17.7 Å². The number of carbonyl (C=O) groups is 3. The van der Waals surface area contributed by atoms with Crippen LogP contribution in [0.25, 0.3) is 10.9 Å². The van der Waals surface area contributed by atoms with Gasteiger partial charge in [0.05, 0.1) is 12.3 Å². The Balaban J connectivity index is 1.25. The highest BCUT2D eigenvalue weighted by molar-refractivity contribution is 7.99. The van der Waals surface area contributed by atoms with Crippen molar-refractivity contribution in [3.8, 4) is 0 Å². The van der Waals surface area contributed by atoms with Crippen LogP contribution in [0.1, 0.15) is 56.8 Å². The van der Waals surface area contributed by atoms with Crippen molar-refractivity contribution in [2.45, 2.75) is 69.5 Å². The van der Waals surface area contributed by atoms with Crippen molar-refractivity contribution >= 4 is 40.6 Å². The topological polar surface area (TPSA) is 142 Å². The van der Waals surface area contributed by atoms with E-state index >= 15 is 0 Å². The molecule has 2 unspecified atom stereocenters. The predicted octanol–water partition coefficient (Wildman–Crippen LogP) is 3.75. The summed E-state index contributed by atoms with van der Waals surface area (Å²) in [5.41, 5.74) is 2.09. The number of amides is 2. The number of benzene rings is 1. The zero-order chi connectivity index (χ0) is 26.3. The van der Waals surface area contributed by atoms with Crippen LogP contribution in [0.3, 0.4) is 0 Å². The lowest BCUT2D eigenvalue weighted by Gasteiger charge is -2.33. The van der Waals surface area contributed by atoms with Crippen LogP contribution in [-0.2, 0) is 27.3 Å². The molecular formula is C25H29N5O6S. The highest BCUT2D eigenvalue weighted by Gasteiger charge is 2.38. The standard InChI is InChI=1S/C25H29N5O6S/c1-25(2,3)36-24(34)29-10-6-9-18(29)21-27-28-23(35-21)37-13-20(31)30-12-17-15(11-19(30)22(32)33)14-7-4-5-8-16(14)26-17/h4-5,7-8,18-19,26H,6,9-13H2,1-3H3,(H,32,33). The maximum atomic E-state index is 13.1. The number of nitrogens with one attached hydrogen (secondary N) is 1. The lowest BCUT2D eigenvalue weighted by molar-refractivity contribution is -0.150. The molecule has 3 aromatic rings. The van der Waals surface area contributed by atoms with Gasteiger partial charge < -0.3 is 24.1 Å². The number of aromatic nitrogens is 3. The number of fused-ring (bicyclic) bond motifs is 3. The summed E-state index contributed by atoms with van der Waals surface area (Å²) in [5.74, 6) is -1.14. The Hall–Kier alpha value is -3.54. The van der Waals surface area contributed by atoms with Crippen molar-refractivity contribution in [3.05, 3.63) is 41.4 Å². The fraction of sp³-hybridized carbons (Fsp3) is 0.480. The molecule has 2 amide bonds. The molecule has 4 heterocycles. The minimum atomic E-state index is -1.04. The molecule has 5 rings (SSSR count). The number of H-pyrrole nitrogens is 1. The third-order valence-electron chi connectivity index (χ3n) is 6.52. The van der Waals surface area contributed by atoms with E-state index < -0.39 is 23.7 Å². The molecule has 1 saturated heterocycles.